The smallest absolute Gasteiger partial charge is 0.309 e. The van der Waals surface area contributed by atoms with Crippen molar-refractivity contribution in [1.82, 2.24) is 4.90 Å². The van der Waals surface area contributed by atoms with E-state index in [1.54, 1.807) is 13.8 Å². The number of nitrogens with zero attached hydrogens (tertiary/aromatic N) is 1. The Morgan fingerprint density at radius 1 is 0.981 bits per heavy atom. The molecule has 4 fully saturated rings. The number of halogens is 1. The van der Waals surface area contributed by atoms with Gasteiger partial charge in [-0.3, -0.25) is 19.3 Å². The summed E-state index contributed by atoms with van der Waals surface area (Å²) in [6.45, 7) is 23.8. The highest BCUT2D eigenvalue weighted by Crippen LogP contribution is 2.77. The number of carboxylic acid groups (broad SMARTS) is 1. The van der Waals surface area contributed by atoms with E-state index in [0.29, 0.717) is 36.4 Å². The van der Waals surface area contributed by atoms with Gasteiger partial charge in [-0.2, -0.15) is 0 Å². The number of allylic oxidation sites excluding steroid dienone is 1. The number of ketones is 1. The normalized spacial score (nSPS) is 36.7. The number of benzene rings is 1. The number of Topliss-reactive ketones (excluding diaryl/α,β-unsaturated/α-hetero) is 1. The lowest BCUT2D eigenvalue weighted by Gasteiger charge is -2.72. The van der Waals surface area contributed by atoms with Crippen LogP contribution in [0.4, 0.5) is 0 Å². The molecule has 0 aromatic heterocycles. The summed E-state index contributed by atoms with van der Waals surface area (Å²) in [6, 6.07) is 7.96. The van der Waals surface area contributed by atoms with E-state index in [1.807, 2.05) is 18.2 Å². The number of aliphatic hydroxyl groups excluding tert-OH is 1. The van der Waals surface area contributed by atoms with Gasteiger partial charge in [0.15, 0.2) is 5.78 Å². The molecule has 6 rings (SSSR count). The van der Waals surface area contributed by atoms with Gasteiger partial charge in [0.05, 0.1) is 17.9 Å². The van der Waals surface area contributed by atoms with Crippen LogP contribution in [-0.2, 0) is 25.7 Å². The highest BCUT2D eigenvalue weighted by atomic mass is 35.5. The van der Waals surface area contributed by atoms with Crippen LogP contribution < -0.4 is 0 Å². The molecule has 0 amide bonds. The molecule has 9 unspecified atom stereocenters. The Bertz CT molecular complexity index is 1680. The van der Waals surface area contributed by atoms with Gasteiger partial charge in [-0.15, -0.1) is 0 Å². The fourth-order valence-electron chi connectivity index (χ4n) is 13.5. The third kappa shape index (κ3) is 6.52. The number of esters is 1. The fourth-order valence-corrected chi connectivity index (χ4v) is 13.7. The van der Waals surface area contributed by atoms with Crippen molar-refractivity contribution in [3.05, 3.63) is 46.0 Å². The number of aliphatic carboxylic acids is 1. The van der Waals surface area contributed by atoms with E-state index in [4.69, 9.17) is 16.3 Å². The van der Waals surface area contributed by atoms with Crippen LogP contribution in [0.3, 0.4) is 0 Å². The van der Waals surface area contributed by atoms with Crippen LogP contribution in [0.5, 0.6) is 0 Å². The second kappa shape index (κ2) is 14.3. The van der Waals surface area contributed by atoms with Crippen LogP contribution in [0, 0.1) is 56.2 Å². The van der Waals surface area contributed by atoms with Crippen LogP contribution in [0.25, 0.3) is 0 Å². The number of rotatable bonds is 11. The number of hydrogen-bond acceptors (Lipinski definition) is 6. The predicted octanol–water partition coefficient (Wildman–Crippen LogP) is 9.92. The van der Waals surface area contributed by atoms with Gasteiger partial charge in [0.2, 0.25) is 0 Å². The van der Waals surface area contributed by atoms with Gasteiger partial charge in [-0.05, 0) is 135 Å². The molecule has 0 spiro atoms. The lowest BCUT2D eigenvalue weighted by atomic mass is 9.33. The van der Waals surface area contributed by atoms with Crippen LogP contribution in [0.15, 0.2) is 35.4 Å². The zero-order valence-electron chi connectivity index (χ0n) is 34.8. The Hall–Kier alpha value is -2.22. The van der Waals surface area contributed by atoms with E-state index >= 15 is 0 Å². The van der Waals surface area contributed by atoms with Crippen molar-refractivity contribution in [2.24, 2.45) is 56.2 Å². The summed E-state index contributed by atoms with van der Waals surface area (Å²) in [5.41, 5.74) is 1.56. The van der Waals surface area contributed by atoms with E-state index in [9.17, 15) is 24.6 Å². The zero-order valence-corrected chi connectivity index (χ0v) is 35.6. The van der Waals surface area contributed by atoms with Gasteiger partial charge in [0.25, 0.3) is 0 Å². The molecule has 0 saturated heterocycles. The van der Waals surface area contributed by atoms with Crippen molar-refractivity contribution in [3.63, 3.8) is 0 Å². The van der Waals surface area contributed by atoms with Gasteiger partial charge in [-0.25, -0.2) is 0 Å². The van der Waals surface area contributed by atoms with Crippen molar-refractivity contribution in [2.75, 3.05) is 13.1 Å². The second-order valence-corrected chi connectivity index (χ2v) is 21.0. The summed E-state index contributed by atoms with van der Waals surface area (Å²) in [5.74, 6) is 0.0361. The molecule has 0 aliphatic heterocycles. The number of ether oxygens (including phenoxy) is 1. The molecular formula is C46H68ClNO6. The fraction of sp³-hybridized carbons (Fsp3) is 0.761. The average Bonchev–Trinajstić information content (AvgIpc) is 3.39. The molecule has 9 atom stereocenters. The van der Waals surface area contributed by atoms with E-state index in [1.165, 1.54) is 5.57 Å². The van der Waals surface area contributed by atoms with Crippen molar-refractivity contribution in [2.45, 2.75) is 152 Å². The topological polar surface area (TPSA) is 104 Å². The molecule has 8 heteroatoms. The van der Waals surface area contributed by atoms with E-state index in [-0.39, 0.29) is 51.8 Å². The third-order valence-electron chi connectivity index (χ3n) is 16.7. The number of aliphatic hydroxyl groups is 1. The Morgan fingerprint density at radius 2 is 1.69 bits per heavy atom. The SMILES string of the molecule is CCN(Cc1cccc(Cl)c1)CC(O)C12CCC3(C)C(CCC4C5(C)CCC(OC(=O)CC(C)(C)C(=O)O)C(C)(C)C5CCC43C)C1=C(C(C)C)C(=O)C2. The van der Waals surface area contributed by atoms with Gasteiger partial charge in [-0.1, -0.05) is 84.7 Å². The first kappa shape index (κ1) is 41.4. The Labute approximate surface area is 330 Å². The lowest BCUT2D eigenvalue weighted by molar-refractivity contribution is -0.235. The third-order valence-corrected chi connectivity index (χ3v) is 16.9. The first-order valence-electron chi connectivity index (χ1n) is 20.9. The molecule has 300 valence electrons. The first-order valence-corrected chi connectivity index (χ1v) is 21.3. The molecule has 1 aromatic rings. The molecular weight excluding hydrogens is 698 g/mol. The highest BCUT2D eigenvalue weighted by Gasteiger charge is 2.70. The molecule has 0 heterocycles. The van der Waals surface area contributed by atoms with Crippen LogP contribution >= 0.6 is 11.6 Å². The minimum Gasteiger partial charge on any atom is -0.481 e. The Balaban J connectivity index is 1.28. The predicted molar refractivity (Wildman–Crippen MR) is 214 cm³/mol. The summed E-state index contributed by atoms with van der Waals surface area (Å²) in [6.07, 6.45) is 7.20. The average molecular weight is 767 g/mol. The molecule has 0 bridgehead atoms. The molecule has 54 heavy (non-hydrogen) atoms. The maximum absolute atomic E-state index is 14.2. The van der Waals surface area contributed by atoms with Crippen LogP contribution in [-0.4, -0.2) is 58.1 Å². The quantitative estimate of drug-likeness (QED) is 0.216. The molecule has 4 saturated carbocycles. The van der Waals surface area contributed by atoms with Crippen molar-refractivity contribution in [3.8, 4) is 0 Å². The summed E-state index contributed by atoms with van der Waals surface area (Å²) in [5, 5.41) is 22.8. The zero-order chi connectivity index (χ0) is 39.8. The monoisotopic (exact) mass is 765 g/mol. The maximum atomic E-state index is 14.2. The number of hydrogen-bond donors (Lipinski definition) is 2. The molecule has 2 N–H and O–H groups in total. The number of carboxylic acids is 1. The minimum absolute atomic E-state index is 0.0195. The Kier molecular flexibility index (Phi) is 11.0. The van der Waals surface area contributed by atoms with Gasteiger partial charge in [0, 0.05) is 35.4 Å². The Morgan fingerprint density at radius 3 is 2.31 bits per heavy atom. The van der Waals surface area contributed by atoms with Crippen molar-refractivity contribution < 1.29 is 29.3 Å². The number of carbonyl (C=O) groups excluding carboxylic acids is 2. The molecule has 0 radical (unpaired) electrons. The molecule has 1 aromatic carbocycles. The largest absolute Gasteiger partial charge is 0.481 e. The first-order chi connectivity index (χ1) is 25.1. The molecule has 7 nitrogen and oxygen atoms in total. The van der Waals surface area contributed by atoms with Gasteiger partial charge in [0.1, 0.15) is 6.10 Å². The van der Waals surface area contributed by atoms with E-state index in [2.05, 4.69) is 66.4 Å². The molecule has 5 aliphatic rings. The number of carbonyl (C=O) groups is 3. The standard InChI is InChI=1S/C46H68ClNO6/c1-11-48(26-29-13-12-14-30(47)23-29)27-35(50)46-22-21-44(9)31(39(46)38(28(2)3)32(49)24-46)15-16-34-43(8)19-18-36(54-37(51)25-41(4,5)40(52)53)42(6,7)33(43)17-20-45(34,44)10/h12-14,23,28,31,33-36,50H,11,15-22,24-27H2,1-10H3,(H,52,53). The van der Waals surface area contributed by atoms with Crippen molar-refractivity contribution >= 4 is 29.3 Å². The summed E-state index contributed by atoms with van der Waals surface area (Å²) >= 11 is 6.34. The number of fused-ring (bicyclic) bond motifs is 7. The summed E-state index contributed by atoms with van der Waals surface area (Å²) in [4.78, 5) is 41.4. The molecule has 5 aliphatic carbocycles. The second-order valence-electron chi connectivity index (χ2n) is 20.5. The lowest BCUT2D eigenvalue weighted by Crippen LogP contribution is -2.66. The van der Waals surface area contributed by atoms with Crippen LogP contribution in [0.1, 0.15) is 139 Å². The highest BCUT2D eigenvalue weighted by molar-refractivity contribution is 6.30. The maximum Gasteiger partial charge on any atom is 0.309 e. The number of likely N-dealkylation sites (N-methyl/N-ethyl adjacent to an activating group) is 1. The minimum atomic E-state index is -1.17. The van der Waals surface area contributed by atoms with Gasteiger partial charge >= 0.3 is 11.9 Å². The van der Waals surface area contributed by atoms with E-state index < -0.39 is 28.9 Å². The van der Waals surface area contributed by atoms with E-state index in [0.717, 1.165) is 69.0 Å². The van der Waals surface area contributed by atoms with Gasteiger partial charge < -0.3 is 14.9 Å². The van der Waals surface area contributed by atoms with Crippen molar-refractivity contribution in [1.29, 1.82) is 0 Å². The summed E-state index contributed by atoms with van der Waals surface area (Å²) in [7, 11) is 0. The summed E-state index contributed by atoms with van der Waals surface area (Å²) < 4.78 is 6.18. The van der Waals surface area contributed by atoms with Crippen LogP contribution in [0.2, 0.25) is 5.02 Å².